The maximum atomic E-state index is 4.27. The fourth-order valence-electron chi connectivity index (χ4n) is 2.48. The Morgan fingerprint density at radius 2 is 1.80 bits per heavy atom. The molecule has 2 rings (SSSR count). The number of rotatable bonds is 7. The first-order valence-corrected chi connectivity index (χ1v) is 7.38. The predicted molar refractivity (Wildman–Crippen MR) is 83.7 cm³/mol. The van der Waals surface area contributed by atoms with Gasteiger partial charge in [0.1, 0.15) is 0 Å². The second-order valence-corrected chi connectivity index (χ2v) is 5.85. The lowest BCUT2D eigenvalue weighted by molar-refractivity contribution is 0.444. The van der Waals surface area contributed by atoms with E-state index in [1.54, 1.807) is 0 Å². The maximum absolute atomic E-state index is 4.27. The Morgan fingerprint density at radius 1 is 1.10 bits per heavy atom. The van der Waals surface area contributed by atoms with Gasteiger partial charge in [0.05, 0.1) is 6.20 Å². The van der Waals surface area contributed by atoms with Crippen molar-refractivity contribution in [1.29, 1.82) is 0 Å². The van der Waals surface area contributed by atoms with Crippen LogP contribution in [0.2, 0.25) is 0 Å². The van der Waals surface area contributed by atoms with E-state index < -0.39 is 0 Å². The molecule has 0 radical (unpaired) electrons. The summed E-state index contributed by atoms with van der Waals surface area (Å²) in [6.07, 6.45) is 6.28. The lowest BCUT2D eigenvalue weighted by Crippen LogP contribution is -2.31. The normalized spacial score (nSPS) is 12.8. The number of aromatic nitrogens is 2. The molecule has 2 aromatic rings. The van der Waals surface area contributed by atoms with Crippen LogP contribution in [0.4, 0.5) is 0 Å². The zero-order chi connectivity index (χ0) is 14.4. The Balaban J connectivity index is 2.00. The monoisotopic (exact) mass is 271 g/mol. The molecule has 20 heavy (non-hydrogen) atoms. The molecule has 1 atom stereocenters. The second-order valence-electron chi connectivity index (χ2n) is 5.85. The number of aryl methyl sites for hydroxylation is 1. The van der Waals surface area contributed by atoms with Crippen molar-refractivity contribution in [2.75, 3.05) is 6.54 Å². The molecule has 0 aliphatic heterocycles. The topological polar surface area (TPSA) is 29.9 Å². The highest BCUT2D eigenvalue weighted by Gasteiger charge is 2.12. The second kappa shape index (κ2) is 7.25. The van der Waals surface area contributed by atoms with Crippen LogP contribution >= 0.6 is 0 Å². The van der Waals surface area contributed by atoms with Crippen molar-refractivity contribution in [3.63, 3.8) is 0 Å². The minimum atomic E-state index is 0.530. The van der Waals surface area contributed by atoms with Crippen LogP contribution in [0.25, 0.3) is 0 Å². The molecular weight excluding hydrogens is 246 g/mol. The van der Waals surface area contributed by atoms with Gasteiger partial charge in [-0.05, 0) is 36.4 Å². The van der Waals surface area contributed by atoms with E-state index in [0.29, 0.717) is 12.0 Å². The van der Waals surface area contributed by atoms with E-state index in [0.717, 1.165) is 19.4 Å². The fraction of sp³-hybridized carbons (Fsp3) is 0.471. The van der Waals surface area contributed by atoms with Gasteiger partial charge in [0.25, 0.3) is 0 Å². The van der Waals surface area contributed by atoms with Gasteiger partial charge >= 0.3 is 0 Å². The minimum Gasteiger partial charge on any atom is -0.314 e. The third kappa shape index (κ3) is 4.82. The van der Waals surface area contributed by atoms with Gasteiger partial charge in [0.2, 0.25) is 0 Å². The molecule has 1 aromatic heterocycles. The SMILES string of the molecule is CC(C)NCC(Cc1ccccc1)Cc1cnn(C)c1. The summed E-state index contributed by atoms with van der Waals surface area (Å²) in [4.78, 5) is 0. The lowest BCUT2D eigenvalue weighted by Gasteiger charge is -2.19. The van der Waals surface area contributed by atoms with Gasteiger partial charge in [0, 0.05) is 19.3 Å². The Hall–Kier alpha value is -1.61. The zero-order valence-electron chi connectivity index (χ0n) is 12.7. The molecule has 3 nitrogen and oxygen atoms in total. The number of benzene rings is 1. The molecule has 3 heteroatoms. The summed E-state index contributed by atoms with van der Waals surface area (Å²) >= 11 is 0. The molecule has 1 N–H and O–H groups in total. The number of nitrogens with zero attached hydrogens (tertiary/aromatic N) is 2. The first kappa shape index (κ1) is 14.8. The van der Waals surface area contributed by atoms with Crippen LogP contribution < -0.4 is 5.32 Å². The van der Waals surface area contributed by atoms with Crippen LogP contribution in [0, 0.1) is 5.92 Å². The largest absolute Gasteiger partial charge is 0.314 e. The van der Waals surface area contributed by atoms with Gasteiger partial charge in [-0.2, -0.15) is 5.10 Å². The van der Waals surface area contributed by atoms with Crippen LogP contribution in [-0.4, -0.2) is 22.4 Å². The van der Waals surface area contributed by atoms with Crippen molar-refractivity contribution < 1.29 is 0 Å². The highest BCUT2D eigenvalue weighted by molar-refractivity contribution is 5.16. The molecule has 1 unspecified atom stereocenters. The van der Waals surface area contributed by atoms with Crippen molar-refractivity contribution in [2.45, 2.75) is 32.7 Å². The third-order valence-electron chi connectivity index (χ3n) is 3.46. The van der Waals surface area contributed by atoms with E-state index >= 15 is 0 Å². The summed E-state index contributed by atoms with van der Waals surface area (Å²) in [6.45, 7) is 5.44. The van der Waals surface area contributed by atoms with Crippen molar-refractivity contribution in [3.05, 3.63) is 53.9 Å². The van der Waals surface area contributed by atoms with Gasteiger partial charge in [0.15, 0.2) is 0 Å². The van der Waals surface area contributed by atoms with Crippen molar-refractivity contribution in [3.8, 4) is 0 Å². The zero-order valence-corrected chi connectivity index (χ0v) is 12.7. The van der Waals surface area contributed by atoms with Crippen LogP contribution in [0.15, 0.2) is 42.7 Å². The molecule has 0 aliphatic carbocycles. The van der Waals surface area contributed by atoms with E-state index in [1.165, 1.54) is 11.1 Å². The van der Waals surface area contributed by atoms with E-state index in [1.807, 2.05) is 17.9 Å². The first-order chi connectivity index (χ1) is 9.63. The standard InChI is InChI=1S/C17H25N3/c1-14(2)18-11-16(9-15-7-5-4-6-8-15)10-17-12-19-20(3)13-17/h4-8,12-14,16,18H,9-11H2,1-3H3. The van der Waals surface area contributed by atoms with Crippen LogP contribution in [-0.2, 0) is 19.9 Å². The van der Waals surface area contributed by atoms with E-state index in [2.05, 4.69) is 60.8 Å². The molecule has 0 bridgehead atoms. The highest BCUT2D eigenvalue weighted by Crippen LogP contribution is 2.14. The van der Waals surface area contributed by atoms with E-state index in [9.17, 15) is 0 Å². The Kier molecular flexibility index (Phi) is 5.36. The summed E-state index contributed by atoms with van der Waals surface area (Å²) in [7, 11) is 1.97. The molecule has 1 aromatic carbocycles. The summed E-state index contributed by atoms with van der Waals surface area (Å²) in [5, 5.41) is 7.83. The molecule has 0 saturated heterocycles. The van der Waals surface area contributed by atoms with Crippen LogP contribution in [0.1, 0.15) is 25.0 Å². The Morgan fingerprint density at radius 3 is 2.40 bits per heavy atom. The van der Waals surface area contributed by atoms with Crippen molar-refractivity contribution in [1.82, 2.24) is 15.1 Å². The first-order valence-electron chi connectivity index (χ1n) is 7.38. The molecule has 0 spiro atoms. The molecule has 0 fully saturated rings. The maximum Gasteiger partial charge on any atom is 0.0521 e. The molecule has 0 saturated carbocycles. The summed E-state index contributed by atoms with van der Waals surface area (Å²) in [5.41, 5.74) is 2.73. The van der Waals surface area contributed by atoms with Gasteiger partial charge in [-0.25, -0.2) is 0 Å². The smallest absolute Gasteiger partial charge is 0.0521 e. The highest BCUT2D eigenvalue weighted by atomic mass is 15.2. The minimum absolute atomic E-state index is 0.530. The third-order valence-corrected chi connectivity index (χ3v) is 3.46. The van der Waals surface area contributed by atoms with Gasteiger partial charge < -0.3 is 5.32 Å². The average molecular weight is 271 g/mol. The van der Waals surface area contributed by atoms with Gasteiger partial charge in [-0.3, -0.25) is 4.68 Å². The quantitative estimate of drug-likeness (QED) is 0.839. The summed E-state index contributed by atoms with van der Waals surface area (Å²) < 4.78 is 1.88. The average Bonchev–Trinajstić information content (AvgIpc) is 2.82. The Bertz CT molecular complexity index is 502. The molecular formula is C17H25N3. The van der Waals surface area contributed by atoms with E-state index in [4.69, 9.17) is 0 Å². The fourth-order valence-corrected chi connectivity index (χ4v) is 2.48. The summed E-state index contributed by atoms with van der Waals surface area (Å²) in [6, 6.07) is 11.3. The predicted octanol–water partition coefficient (Wildman–Crippen LogP) is 2.82. The Labute approximate surface area is 122 Å². The molecule has 1 heterocycles. The van der Waals surface area contributed by atoms with E-state index in [-0.39, 0.29) is 0 Å². The van der Waals surface area contributed by atoms with Crippen molar-refractivity contribution in [2.24, 2.45) is 13.0 Å². The van der Waals surface area contributed by atoms with Crippen LogP contribution in [0.3, 0.4) is 0 Å². The number of nitrogens with one attached hydrogen (secondary N) is 1. The lowest BCUT2D eigenvalue weighted by atomic mass is 9.93. The van der Waals surface area contributed by atoms with Gasteiger partial charge in [-0.1, -0.05) is 44.2 Å². The van der Waals surface area contributed by atoms with Crippen molar-refractivity contribution >= 4 is 0 Å². The number of hydrogen-bond donors (Lipinski definition) is 1. The van der Waals surface area contributed by atoms with Gasteiger partial charge in [-0.15, -0.1) is 0 Å². The van der Waals surface area contributed by atoms with Crippen LogP contribution in [0.5, 0.6) is 0 Å². The molecule has 108 valence electrons. The summed E-state index contributed by atoms with van der Waals surface area (Å²) in [5.74, 6) is 0.601. The number of hydrogen-bond acceptors (Lipinski definition) is 2. The molecule has 0 aliphatic rings. The molecule has 0 amide bonds.